The van der Waals surface area contributed by atoms with E-state index in [0.29, 0.717) is 26.1 Å². The summed E-state index contributed by atoms with van der Waals surface area (Å²) < 4.78 is 43.6. The van der Waals surface area contributed by atoms with Crippen molar-refractivity contribution in [2.45, 2.75) is 39.1 Å². The molecule has 19 heavy (non-hydrogen) atoms. The van der Waals surface area contributed by atoms with Gasteiger partial charge in [0.15, 0.2) is 17.9 Å². The lowest BCUT2D eigenvalue weighted by Crippen LogP contribution is -2.12. The van der Waals surface area contributed by atoms with Crippen molar-refractivity contribution in [2.75, 3.05) is 13.2 Å². The standard InChI is InChI=1S/C14H18F2O3/c1-3-17-11-6-5-9(13(15)14(11)16)10-7-8-12(19-10)18-4-2/h5-6,10,12H,3-4,7-8H2,1-2H3. The van der Waals surface area contributed by atoms with E-state index in [2.05, 4.69) is 0 Å². The first-order valence-electron chi connectivity index (χ1n) is 6.55. The van der Waals surface area contributed by atoms with Gasteiger partial charge in [-0.15, -0.1) is 0 Å². The predicted molar refractivity (Wildman–Crippen MR) is 66.0 cm³/mol. The van der Waals surface area contributed by atoms with E-state index in [9.17, 15) is 8.78 Å². The molecule has 1 aliphatic rings. The molecule has 1 aromatic carbocycles. The van der Waals surface area contributed by atoms with Gasteiger partial charge >= 0.3 is 0 Å². The Morgan fingerprint density at radius 3 is 2.63 bits per heavy atom. The molecule has 1 aliphatic heterocycles. The SMILES string of the molecule is CCOc1ccc(C2CCC(OCC)O2)c(F)c1F. The van der Waals surface area contributed by atoms with E-state index in [0.717, 1.165) is 0 Å². The molecule has 2 atom stereocenters. The summed E-state index contributed by atoms with van der Waals surface area (Å²) in [4.78, 5) is 0. The summed E-state index contributed by atoms with van der Waals surface area (Å²) in [6.07, 6.45) is 0.521. The summed E-state index contributed by atoms with van der Waals surface area (Å²) in [5, 5.41) is 0. The summed E-state index contributed by atoms with van der Waals surface area (Å²) in [7, 11) is 0. The van der Waals surface area contributed by atoms with Crippen LogP contribution in [0, 0.1) is 11.6 Å². The summed E-state index contributed by atoms with van der Waals surface area (Å²) in [5.74, 6) is -1.92. The van der Waals surface area contributed by atoms with Gasteiger partial charge in [-0.05, 0) is 32.4 Å². The number of ether oxygens (including phenoxy) is 3. The Kier molecular flexibility index (Phi) is 4.71. The highest BCUT2D eigenvalue weighted by Gasteiger charge is 2.30. The van der Waals surface area contributed by atoms with Crippen LogP contribution in [0.3, 0.4) is 0 Å². The van der Waals surface area contributed by atoms with Crippen LogP contribution in [0.15, 0.2) is 12.1 Å². The molecule has 3 nitrogen and oxygen atoms in total. The van der Waals surface area contributed by atoms with Gasteiger partial charge in [-0.1, -0.05) is 0 Å². The van der Waals surface area contributed by atoms with Crippen LogP contribution in [0.1, 0.15) is 38.4 Å². The molecule has 0 saturated carbocycles. The largest absolute Gasteiger partial charge is 0.491 e. The quantitative estimate of drug-likeness (QED) is 0.820. The number of halogens is 2. The fraction of sp³-hybridized carbons (Fsp3) is 0.571. The molecule has 1 heterocycles. The Balaban J connectivity index is 2.15. The van der Waals surface area contributed by atoms with Gasteiger partial charge in [0.2, 0.25) is 5.82 Å². The lowest BCUT2D eigenvalue weighted by molar-refractivity contribution is -0.131. The highest BCUT2D eigenvalue weighted by Crippen LogP contribution is 2.36. The van der Waals surface area contributed by atoms with E-state index in [1.165, 1.54) is 12.1 Å². The number of hydrogen-bond acceptors (Lipinski definition) is 3. The van der Waals surface area contributed by atoms with Crippen LogP contribution in [0.25, 0.3) is 0 Å². The van der Waals surface area contributed by atoms with Crippen LogP contribution < -0.4 is 4.74 Å². The van der Waals surface area contributed by atoms with Gasteiger partial charge in [0, 0.05) is 18.6 Å². The van der Waals surface area contributed by atoms with E-state index in [1.807, 2.05) is 6.92 Å². The molecule has 2 rings (SSSR count). The second kappa shape index (κ2) is 6.30. The van der Waals surface area contributed by atoms with Crippen molar-refractivity contribution in [3.05, 3.63) is 29.3 Å². The average molecular weight is 272 g/mol. The van der Waals surface area contributed by atoms with Gasteiger partial charge < -0.3 is 14.2 Å². The van der Waals surface area contributed by atoms with Crippen LogP contribution in [-0.4, -0.2) is 19.5 Å². The van der Waals surface area contributed by atoms with E-state index in [1.54, 1.807) is 6.92 Å². The molecule has 0 bridgehead atoms. The molecule has 2 unspecified atom stereocenters. The first-order valence-corrected chi connectivity index (χ1v) is 6.55. The number of hydrogen-bond donors (Lipinski definition) is 0. The van der Waals surface area contributed by atoms with E-state index < -0.39 is 17.7 Å². The zero-order valence-electron chi connectivity index (χ0n) is 11.1. The van der Waals surface area contributed by atoms with E-state index >= 15 is 0 Å². The first-order chi connectivity index (χ1) is 9.17. The molecule has 1 saturated heterocycles. The molecular formula is C14H18F2O3. The second-order valence-electron chi connectivity index (χ2n) is 4.30. The Morgan fingerprint density at radius 2 is 1.95 bits per heavy atom. The van der Waals surface area contributed by atoms with Crippen LogP contribution in [0.4, 0.5) is 8.78 Å². The Bertz CT molecular complexity index is 437. The fourth-order valence-electron chi connectivity index (χ4n) is 2.21. The van der Waals surface area contributed by atoms with E-state index in [-0.39, 0.29) is 17.6 Å². The molecule has 1 fully saturated rings. The fourth-order valence-corrected chi connectivity index (χ4v) is 2.21. The highest BCUT2D eigenvalue weighted by molar-refractivity contribution is 5.32. The van der Waals surface area contributed by atoms with Crippen LogP contribution in [-0.2, 0) is 9.47 Å². The van der Waals surface area contributed by atoms with Crippen LogP contribution in [0.5, 0.6) is 5.75 Å². The Labute approximate surface area is 111 Å². The maximum absolute atomic E-state index is 14.0. The molecule has 0 spiro atoms. The number of benzene rings is 1. The van der Waals surface area contributed by atoms with Gasteiger partial charge in [0.25, 0.3) is 0 Å². The van der Waals surface area contributed by atoms with Crippen molar-refractivity contribution in [1.82, 2.24) is 0 Å². The molecule has 0 aromatic heterocycles. The van der Waals surface area contributed by atoms with Gasteiger partial charge in [0.05, 0.1) is 12.7 Å². The Morgan fingerprint density at radius 1 is 1.16 bits per heavy atom. The lowest BCUT2D eigenvalue weighted by atomic mass is 10.1. The van der Waals surface area contributed by atoms with Gasteiger partial charge in [-0.25, -0.2) is 4.39 Å². The summed E-state index contributed by atoms with van der Waals surface area (Å²) in [6.45, 7) is 4.42. The smallest absolute Gasteiger partial charge is 0.200 e. The maximum atomic E-state index is 14.0. The topological polar surface area (TPSA) is 27.7 Å². The maximum Gasteiger partial charge on any atom is 0.200 e. The van der Waals surface area contributed by atoms with Gasteiger partial charge in [-0.3, -0.25) is 0 Å². The Hall–Kier alpha value is -1.20. The minimum atomic E-state index is -0.956. The summed E-state index contributed by atoms with van der Waals surface area (Å²) in [5.41, 5.74) is 0.225. The zero-order valence-corrected chi connectivity index (χ0v) is 11.1. The average Bonchev–Trinajstić information content (AvgIpc) is 2.84. The van der Waals surface area contributed by atoms with Crippen molar-refractivity contribution in [1.29, 1.82) is 0 Å². The van der Waals surface area contributed by atoms with Crippen molar-refractivity contribution < 1.29 is 23.0 Å². The summed E-state index contributed by atoms with van der Waals surface area (Å²) in [6, 6.07) is 2.96. The first kappa shape index (κ1) is 14.2. The van der Waals surface area contributed by atoms with Crippen LogP contribution >= 0.6 is 0 Å². The highest BCUT2D eigenvalue weighted by atomic mass is 19.2. The van der Waals surface area contributed by atoms with Crippen molar-refractivity contribution in [2.24, 2.45) is 0 Å². The summed E-state index contributed by atoms with van der Waals surface area (Å²) >= 11 is 0. The molecule has 1 aromatic rings. The molecule has 0 aliphatic carbocycles. The minimum absolute atomic E-state index is 0.0666. The molecule has 5 heteroatoms. The van der Waals surface area contributed by atoms with Crippen molar-refractivity contribution in [3.63, 3.8) is 0 Å². The normalized spacial score (nSPS) is 22.7. The van der Waals surface area contributed by atoms with Crippen molar-refractivity contribution >= 4 is 0 Å². The molecule has 0 N–H and O–H groups in total. The van der Waals surface area contributed by atoms with Crippen LogP contribution in [0.2, 0.25) is 0 Å². The third-order valence-electron chi connectivity index (χ3n) is 3.06. The second-order valence-corrected chi connectivity index (χ2v) is 4.30. The third-order valence-corrected chi connectivity index (χ3v) is 3.06. The molecule has 0 amide bonds. The van der Waals surface area contributed by atoms with Gasteiger partial charge in [-0.2, -0.15) is 4.39 Å². The minimum Gasteiger partial charge on any atom is -0.491 e. The van der Waals surface area contributed by atoms with E-state index in [4.69, 9.17) is 14.2 Å². The van der Waals surface area contributed by atoms with Crippen molar-refractivity contribution in [3.8, 4) is 5.75 Å². The molecule has 106 valence electrons. The molecular weight excluding hydrogens is 254 g/mol. The lowest BCUT2D eigenvalue weighted by Gasteiger charge is -2.15. The monoisotopic (exact) mass is 272 g/mol. The van der Waals surface area contributed by atoms with Gasteiger partial charge in [0.1, 0.15) is 0 Å². The third kappa shape index (κ3) is 3.04. The predicted octanol–water partition coefficient (Wildman–Crippen LogP) is 3.58. The number of rotatable bonds is 5. The molecule has 0 radical (unpaired) electrons. The zero-order chi connectivity index (χ0) is 13.8.